The zero-order valence-corrected chi connectivity index (χ0v) is 15.6. The summed E-state index contributed by atoms with van der Waals surface area (Å²) in [4.78, 5) is 15.7. The van der Waals surface area contributed by atoms with Crippen LogP contribution in [0.5, 0.6) is 0 Å². The van der Waals surface area contributed by atoms with Gasteiger partial charge in [0, 0.05) is 15.8 Å². The monoisotopic (exact) mass is 415 g/mol. The maximum atomic E-state index is 13.3. The van der Waals surface area contributed by atoms with Gasteiger partial charge in [-0.1, -0.05) is 0 Å². The van der Waals surface area contributed by atoms with E-state index in [1.54, 1.807) is 6.92 Å². The molecule has 0 saturated heterocycles. The molecule has 0 spiro atoms. The lowest BCUT2D eigenvalue weighted by molar-refractivity contribution is 0.0690. The smallest absolute Gasteiger partial charge is 0.355 e. The standard InChI is InChI=1S/C16H11F2NO4S3/c1-8-15(16(20)21)19-13(24-8)7-26(22,23)14-3-2-12(25-14)9-4-10(17)6-11(18)5-9/h2-6H,7H2,1H3,(H,20,21). The van der Waals surface area contributed by atoms with Gasteiger partial charge in [0.2, 0.25) is 0 Å². The Balaban J connectivity index is 1.90. The minimum atomic E-state index is -3.76. The first-order valence-electron chi connectivity index (χ1n) is 7.14. The molecule has 0 aliphatic carbocycles. The van der Waals surface area contributed by atoms with Crippen molar-refractivity contribution >= 4 is 38.5 Å². The molecule has 1 aromatic carbocycles. The molecule has 136 valence electrons. The number of benzene rings is 1. The average Bonchev–Trinajstić information content (AvgIpc) is 3.13. The van der Waals surface area contributed by atoms with Gasteiger partial charge in [-0.25, -0.2) is 27.0 Å². The lowest BCUT2D eigenvalue weighted by Gasteiger charge is -2.00. The molecule has 0 radical (unpaired) electrons. The van der Waals surface area contributed by atoms with Crippen molar-refractivity contribution in [2.75, 3.05) is 0 Å². The molecule has 0 aliphatic rings. The quantitative estimate of drug-likeness (QED) is 0.677. The summed E-state index contributed by atoms with van der Waals surface area (Å²) in [5.74, 6) is -3.16. The molecule has 0 saturated carbocycles. The topological polar surface area (TPSA) is 84.3 Å². The van der Waals surface area contributed by atoms with E-state index in [0.29, 0.717) is 9.75 Å². The van der Waals surface area contributed by atoms with E-state index >= 15 is 0 Å². The molecule has 0 fully saturated rings. The molecular formula is C16H11F2NO4S3. The van der Waals surface area contributed by atoms with Gasteiger partial charge in [0.05, 0.1) is 0 Å². The van der Waals surface area contributed by atoms with Gasteiger partial charge in [-0.05, 0) is 36.8 Å². The Bertz CT molecular complexity index is 1080. The summed E-state index contributed by atoms with van der Waals surface area (Å²) in [7, 11) is -3.76. The van der Waals surface area contributed by atoms with Crippen LogP contribution in [-0.4, -0.2) is 24.5 Å². The van der Waals surface area contributed by atoms with Crippen molar-refractivity contribution in [1.29, 1.82) is 0 Å². The second-order valence-electron chi connectivity index (χ2n) is 5.35. The van der Waals surface area contributed by atoms with E-state index in [-0.39, 0.29) is 20.5 Å². The number of nitrogens with zero attached hydrogens (tertiary/aromatic N) is 1. The third-order valence-corrected chi connectivity index (χ3v) is 7.89. The highest BCUT2D eigenvalue weighted by atomic mass is 32.2. The van der Waals surface area contributed by atoms with Crippen molar-refractivity contribution in [1.82, 2.24) is 4.98 Å². The van der Waals surface area contributed by atoms with Crippen molar-refractivity contribution in [2.24, 2.45) is 0 Å². The van der Waals surface area contributed by atoms with Crippen LogP contribution in [0.25, 0.3) is 10.4 Å². The van der Waals surface area contributed by atoms with E-state index < -0.39 is 33.2 Å². The minimum Gasteiger partial charge on any atom is -0.476 e. The highest BCUT2D eigenvalue weighted by Crippen LogP contribution is 2.33. The van der Waals surface area contributed by atoms with E-state index in [0.717, 1.165) is 40.9 Å². The summed E-state index contributed by atoms with van der Waals surface area (Å²) in [6.45, 7) is 1.55. The maximum absolute atomic E-state index is 13.3. The maximum Gasteiger partial charge on any atom is 0.355 e. The molecule has 3 aromatic rings. The number of aromatic carboxylic acids is 1. The first-order chi connectivity index (χ1) is 12.2. The fraction of sp³-hybridized carbons (Fsp3) is 0.125. The minimum absolute atomic E-state index is 0.0156. The fourth-order valence-corrected chi connectivity index (χ4v) is 6.19. The number of aromatic nitrogens is 1. The summed E-state index contributed by atoms with van der Waals surface area (Å²) in [5, 5.41) is 9.18. The summed E-state index contributed by atoms with van der Waals surface area (Å²) >= 11 is 1.89. The molecule has 1 N–H and O–H groups in total. The van der Waals surface area contributed by atoms with Crippen LogP contribution < -0.4 is 0 Å². The zero-order valence-electron chi connectivity index (χ0n) is 13.2. The van der Waals surface area contributed by atoms with Gasteiger partial charge in [-0.3, -0.25) is 0 Å². The summed E-state index contributed by atoms with van der Waals surface area (Å²) < 4.78 is 51.8. The molecule has 2 heterocycles. The van der Waals surface area contributed by atoms with Crippen molar-refractivity contribution in [2.45, 2.75) is 16.9 Å². The lowest BCUT2D eigenvalue weighted by Crippen LogP contribution is -2.04. The molecule has 0 bridgehead atoms. The molecule has 0 amide bonds. The molecule has 2 aromatic heterocycles. The van der Waals surface area contributed by atoms with Crippen LogP contribution in [0.4, 0.5) is 8.78 Å². The summed E-state index contributed by atoms with van der Waals surface area (Å²) in [5.41, 5.74) is 0.0783. The third kappa shape index (κ3) is 3.81. The zero-order chi connectivity index (χ0) is 19.1. The van der Waals surface area contributed by atoms with Crippen LogP contribution in [0.2, 0.25) is 0 Å². The molecule has 26 heavy (non-hydrogen) atoms. The Labute approximate surface area is 155 Å². The number of rotatable bonds is 5. The Hall–Kier alpha value is -2.17. The van der Waals surface area contributed by atoms with Crippen molar-refractivity contribution in [3.05, 3.63) is 57.5 Å². The Morgan fingerprint density at radius 2 is 1.81 bits per heavy atom. The van der Waals surface area contributed by atoms with Gasteiger partial charge < -0.3 is 5.11 Å². The van der Waals surface area contributed by atoms with Crippen LogP contribution in [0.1, 0.15) is 20.4 Å². The van der Waals surface area contributed by atoms with E-state index in [1.165, 1.54) is 12.1 Å². The SMILES string of the molecule is Cc1sc(CS(=O)(=O)c2ccc(-c3cc(F)cc(F)c3)s2)nc1C(=O)O. The van der Waals surface area contributed by atoms with E-state index in [1.807, 2.05) is 0 Å². The Morgan fingerprint density at radius 3 is 2.38 bits per heavy atom. The second kappa shape index (κ2) is 6.86. The molecule has 0 unspecified atom stereocenters. The van der Waals surface area contributed by atoms with Crippen molar-refractivity contribution in [3.8, 4) is 10.4 Å². The van der Waals surface area contributed by atoms with E-state index in [2.05, 4.69) is 4.98 Å². The Kier molecular flexibility index (Phi) is 4.91. The van der Waals surface area contributed by atoms with E-state index in [9.17, 15) is 22.0 Å². The third-order valence-electron chi connectivity index (χ3n) is 3.39. The molecule has 10 heteroatoms. The number of carboxylic acids is 1. The van der Waals surface area contributed by atoms with Crippen molar-refractivity contribution < 1.29 is 27.1 Å². The van der Waals surface area contributed by atoms with Crippen LogP contribution >= 0.6 is 22.7 Å². The normalized spacial score (nSPS) is 11.7. The Morgan fingerprint density at radius 1 is 1.15 bits per heavy atom. The summed E-state index contributed by atoms with van der Waals surface area (Å²) in [6, 6.07) is 5.81. The van der Waals surface area contributed by atoms with Crippen LogP contribution in [0.3, 0.4) is 0 Å². The number of aryl methyl sites for hydroxylation is 1. The highest BCUT2D eigenvalue weighted by Gasteiger charge is 2.23. The van der Waals surface area contributed by atoms with Gasteiger partial charge in [-0.2, -0.15) is 0 Å². The van der Waals surface area contributed by atoms with Gasteiger partial charge >= 0.3 is 5.97 Å². The number of carbonyl (C=O) groups is 1. The number of sulfone groups is 1. The van der Waals surface area contributed by atoms with Gasteiger partial charge in [0.15, 0.2) is 15.5 Å². The predicted octanol–water partition coefficient (Wildman–Crippen LogP) is 4.13. The van der Waals surface area contributed by atoms with E-state index in [4.69, 9.17) is 5.11 Å². The average molecular weight is 415 g/mol. The predicted molar refractivity (Wildman–Crippen MR) is 94.4 cm³/mol. The lowest BCUT2D eigenvalue weighted by atomic mass is 10.2. The molecule has 5 nitrogen and oxygen atoms in total. The number of hydrogen-bond donors (Lipinski definition) is 1. The molecular weight excluding hydrogens is 404 g/mol. The number of carboxylic acid groups (broad SMARTS) is 1. The van der Waals surface area contributed by atoms with Gasteiger partial charge in [0.1, 0.15) is 26.6 Å². The molecule has 3 rings (SSSR count). The first kappa shape index (κ1) is 18.6. The van der Waals surface area contributed by atoms with Gasteiger partial charge in [-0.15, -0.1) is 22.7 Å². The number of thiazole rings is 1. The van der Waals surface area contributed by atoms with Crippen LogP contribution in [-0.2, 0) is 15.6 Å². The number of hydrogen-bond acceptors (Lipinski definition) is 6. The van der Waals surface area contributed by atoms with Gasteiger partial charge in [0.25, 0.3) is 0 Å². The first-order valence-corrected chi connectivity index (χ1v) is 10.4. The van der Waals surface area contributed by atoms with Crippen LogP contribution in [0.15, 0.2) is 34.5 Å². The number of halogens is 2. The van der Waals surface area contributed by atoms with Crippen molar-refractivity contribution in [3.63, 3.8) is 0 Å². The largest absolute Gasteiger partial charge is 0.476 e. The fourth-order valence-electron chi connectivity index (χ4n) is 2.28. The summed E-state index contributed by atoms with van der Waals surface area (Å²) in [6.07, 6.45) is 0. The highest BCUT2D eigenvalue weighted by molar-refractivity contribution is 7.92. The second-order valence-corrected chi connectivity index (χ2v) is 9.94. The number of thiophene rings is 1. The van der Waals surface area contributed by atoms with Crippen LogP contribution in [0, 0.1) is 18.6 Å². The molecule has 0 aliphatic heterocycles. The molecule has 0 atom stereocenters.